The molecule has 31 heavy (non-hydrogen) atoms. The largest absolute Gasteiger partial charge is 0.457 e. The molecule has 1 fully saturated rings. The third kappa shape index (κ3) is 5.78. The van der Waals surface area contributed by atoms with Crippen molar-refractivity contribution in [1.82, 2.24) is 10.2 Å². The third-order valence-corrected chi connectivity index (χ3v) is 5.40. The fourth-order valence-electron chi connectivity index (χ4n) is 3.55. The van der Waals surface area contributed by atoms with Gasteiger partial charge in [-0.25, -0.2) is 0 Å². The maximum absolute atomic E-state index is 12.4. The molecule has 1 aliphatic heterocycles. The average Bonchev–Trinajstić information content (AvgIpc) is 3.17. The Morgan fingerprint density at radius 3 is 2.42 bits per heavy atom. The number of esters is 1. The number of rotatable bonds is 8. The molecule has 0 bridgehead atoms. The van der Waals surface area contributed by atoms with E-state index in [9.17, 15) is 19.2 Å². The van der Waals surface area contributed by atoms with Crippen molar-refractivity contribution in [2.45, 2.75) is 32.9 Å². The van der Waals surface area contributed by atoms with Crippen LogP contribution in [-0.2, 0) is 25.7 Å². The smallest absolute Gasteiger partial charge is 0.311 e. The van der Waals surface area contributed by atoms with Crippen molar-refractivity contribution >= 4 is 23.6 Å². The van der Waals surface area contributed by atoms with Crippen LogP contribution in [0.1, 0.15) is 47.8 Å². The van der Waals surface area contributed by atoms with Crippen LogP contribution in [-0.4, -0.2) is 41.6 Å². The molecule has 2 aromatic carbocycles. The van der Waals surface area contributed by atoms with Gasteiger partial charge in [-0.1, -0.05) is 54.6 Å². The van der Waals surface area contributed by atoms with E-state index in [1.54, 1.807) is 29.2 Å². The number of hydrogen-bond acceptors (Lipinski definition) is 5. The van der Waals surface area contributed by atoms with Crippen LogP contribution in [0.2, 0.25) is 0 Å². The monoisotopic (exact) mass is 422 g/mol. The van der Waals surface area contributed by atoms with Crippen LogP contribution in [0.25, 0.3) is 0 Å². The second-order valence-electron chi connectivity index (χ2n) is 7.67. The number of benzene rings is 2. The summed E-state index contributed by atoms with van der Waals surface area (Å²) in [5.41, 5.74) is 2.28. The zero-order valence-electron chi connectivity index (χ0n) is 17.7. The Morgan fingerprint density at radius 1 is 1.10 bits per heavy atom. The standard InChI is InChI=1S/C24H26N2O5/c1-16(19-6-4-3-5-7-19)26-14-21(12-23(26)29)24(30)31-15-22(28)20-10-8-18(9-11-20)13-25-17(2)27/h3-11,16,21H,12-15H2,1-2H3,(H,25,27)/t16-,21-/m1/s1. The van der Waals surface area contributed by atoms with Crippen molar-refractivity contribution in [3.8, 4) is 0 Å². The van der Waals surface area contributed by atoms with Crippen molar-refractivity contribution in [2.75, 3.05) is 13.2 Å². The fourth-order valence-corrected chi connectivity index (χ4v) is 3.55. The van der Waals surface area contributed by atoms with Gasteiger partial charge in [0.2, 0.25) is 11.8 Å². The highest BCUT2D eigenvalue weighted by Crippen LogP contribution is 2.29. The summed E-state index contributed by atoms with van der Waals surface area (Å²) in [4.78, 5) is 49.8. The van der Waals surface area contributed by atoms with Gasteiger partial charge in [-0.3, -0.25) is 19.2 Å². The molecule has 0 spiro atoms. The van der Waals surface area contributed by atoms with Crippen LogP contribution in [0.3, 0.4) is 0 Å². The molecule has 3 rings (SSSR count). The molecule has 7 heteroatoms. The number of nitrogens with one attached hydrogen (secondary N) is 1. The summed E-state index contributed by atoms with van der Waals surface area (Å²) in [7, 11) is 0. The molecule has 7 nitrogen and oxygen atoms in total. The normalized spacial score (nSPS) is 16.6. The number of carbonyl (C=O) groups is 4. The summed E-state index contributed by atoms with van der Waals surface area (Å²) in [6.45, 7) is 3.65. The van der Waals surface area contributed by atoms with E-state index in [1.807, 2.05) is 37.3 Å². The predicted octanol–water partition coefficient (Wildman–Crippen LogP) is 2.66. The van der Waals surface area contributed by atoms with Crippen molar-refractivity contribution in [3.63, 3.8) is 0 Å². The van der Waals surface area contributed by atoms with Crippen molar-refractivity contribution in [1.29, 1.82) is 0 Å². The van der Waals surface area contributed by atoms with E-state index in [4.69, 9.17) is 4.74 Å². The van der Waals surface area contributed by atoms with E-state index in [1.165, 1.54) is 6.92 Å². The van der Waals surface area contributed by atoms with Gasteiger partial charge in [-0.15, -0.1) is 0 Å². The number of Topliss-reactive ketones (excluding diaryl/α,β-unsaturated/α-hetero) is 1. The van der Waals surface area contributed by atoms with Gasteiger partial charge in [0.25, 0.3) is 0 Å². The number of likely N-dealkylation sites (tertiary alicyclic amines) is 1. The molecule has 162 valence electrons. The first kappa shape index (κ1) is 22.2. The molecule has 0 unspecified atom stereocenters. The van der Waals surface area contributed by atoms with E-state index >= 15 is 0 Å². The number of hydrogen-bond donors (Lipinski definition) is 1. The Labute approximate surface area is 181 Å². The predicted molar refractivity (Wildman–Crippen MR) is 114 cm³/mol. The minimum absolute atomic E-state index is 0.0854. The zero-order chi connectivity index (χ0) is 22.4. The zero-order valence-corrected chi connectivity index (χ0v) is 17.7. The Bertz CT molecular complexity index is 956. The number of carbonyl (C=O) groups excluding carboxylic acids is 4. The summed E-state index contributed by atoms with van der Waals surface area (Å²) in [6, 6.07) is 16.2. The summed E-state index contributed by atoms with van der Waals surface area (Å²) in [6.07, 6.45) is 0.0854. The lowest BCUT2D eigenvalue weighted by atomic mass is 10.1. The Kier molecular flexibility index (Phi) is 7.18. The first-order valence-corrected chi connectivity index (χ1v) is 10.2. The molecular formula is C24H26N2O5. The van der Waals surface area contributed by atoms with Crippen LogP contribution in [0, 0.1) is 5.92 Å². The molecule has 1 aliphatic rings. The molecule has 0 saturated carbocycles. The topological polar surface area (TPSA) is 92.8 Å². The second-order valence-corrected chi connectivity index (χ2v) is 7.67. The van der Waals surface area contributed by atoms with E-state index < -0.39 is 11.9 Å². The van der Waals surface area contributed by atoms with Gasteiger partial charge in [0.05, 0.1) is 12.0 Å². The van der Waals surface area contributed by atoms with Gasteiger partial charge in [0, 0.05) is 32.0 Å². The summed E-state index contributed by atoms with van der Waals surface area (Å²) in [5.74, 6) is -1.66. The van der Waals surface area contributed by atoms with Crippen molar-refractivity contribution in [2.24, 2.45) is 5.92 Å². The first-order valence-electron chi connectivity index (χ1n) is 10.2. The van der Waals surface area contributed by atoms with Gasteiger partial charge in [-0.05, 0) is 18.1 Å². The molecule has 0 aliphatic carbocycles. The third-order valence-electron chi connectivity index (χ3n) is 5.40. The Hall–Kier alpha value is -3.48. The van der Waals surface area contributed by atoms with Gasteiger partial charge in [-0.2, -0.15) is 0 Å². The lowest BCUT2D eigenvalue weighted by molar-refractivity contribution is -0.147. The second kappa shape index (κ2) is 10.0. The van der Waals surface area contributed by atoms with E-state index in [2.05, 4.69) is 5.32 Å². The van der Waals surface area contributed by atoms with Crippen molar-refractivity contribution < 1.29 is 23.9 Å². The maximum Gasteiger partial charge on any atom is 0.311 e. The van der Waals surface area contributed by atoms with Crippen molar-refractivity contribution in [3.05, 3.63) is 71.3 Å². The molecule has 1 heterocycles. The van der Waals surface area contributed by atoms with Crippen LogP contribution < -0.4 is 5.32 Å². The molecule has 2 aromatic rings. The fraction of sp³-hybridized carbons (Fsp3) is 0.333. The highest BCUT2D eigenvalue weighted by Gasteiger charge is 2.38. The van der Waals surface area contributed by atoms with Gasteiger partial charge in [0.15, 0.2) is 12.4 Å². The highest BCUT2D eigenvalue weighted by atomic mass is 16.5. The van der Waals surface area contributed by atoms with Crippen LogP contribution in [0.15, 0.2) is 54.6 Å². The number of nitrogens with zero attached hydrogens (tertiary/aromatic N) is 1. The van der Waals surface area contributed by atoms with E-state index in [-0.39, 0.29) is 43.2 Å². The number of ether oxygens (including phenoxy) is 1. The Morgan fingerprint density at radius 2 is 1.77 bits per heavy atom. The minimum Gasteiger partial charge on any atom is -0.457 e. The molecule has 1 N–H and O–H groups in total. The Balaban J connectivity index is 1.51. The SMILES string of the molecule is CC(=O)NCc1ccc(C(=O)COC(=O)[C@@H]2CC(=O)N([C@H](C)c3ccccc3)C2)cc1. The summed E-state index contributed by atoms with van der Waals surface area (Å²) < 4.78 is 5.21. The van der Waals surface area contributed by atoms with E-state index in [0.29, 0.717) is 12.1 Å². The minimum atomic E-state index is -0.577. The molecule has 2 atom stereocenters. The first-order chi connectivity index (χ1) is 14.8. The average molecular weight is 422 g/mol. The van der Waals surface area contributed by atoms with Crippen LogP contribution >= 0.6 is 0 Å². The van der Waals surface area contributed by atoms with Crippen LogP contribution in [0.5, 0.6) is 0 Å². The lowest BCUT2D eigenvalue weighted by Crippen LogP contribution is -2.30. The maximum atomic E-state index is 12.4. The highest BCUT2D eigenvalue weighted by molar-refractivity contribution is 5.98. The number of ketones is 1. The van der Waals surface area contributed by atoms with Gasteiger partial charge >= 0.3 is 5.97 Å². The van der Waals surface area contributed by atoms with Gasteiger partial charge in [0.1, 0.15) is 0 Å². The molecule has 1 saturated heterocycles. The molecule has 2 amide bonds. The quantitative estimate of drug-likeness (QED) is 0.522. The molecular weight excluding hydrogens is 396 g/mol. The van der Waals surface area contributed by atoms with E-state index in [0.717, 1.165) is 11.1 Å². The van der Waals surface area contributed by atoms with Gasteiger partial charge < -0.3 is 15.0 Å². The lowest BCUT2D eigenvalue weighted by Gasteiger charge is -2.25. The summed E-state index contributed by atoms with van der Waals surface area (Å²) in [5, 5.41) is 2.68. The van der Waals surface area contributed by atoms with Crippen LogP contribution in [0.4, 0.5) is 0 Å². The number of amides is 2. The molecule has 0 aromatic heterocycles. The summed E-state index contributed by atoms with van der Waals surface area (Å²) >= 11 is 0. The molecule has 0 radical (unpaired) electrons.